The maximum atomic E-state index is 13.5. The molecule has 1 fully saturated rings. The minimum absolute atomic E-state index is 0.231. The number of piperidine rings is 1. The van der Waals surface area contributed by atoms with Crippen molar-refractivity contribution in [3.05, 3.63) is 65.5 Å². The molecule has 8 nitrogen and oxygen atoms in total. The van der Waals surface area contributed by atoms with Gasteiger partial charge >= 0.3 is 0 Å². The zero-order valence-corrected chi connectivity index (χ0v) is 22.8. The molecule has 0 bridgehead atoms. The predicted molar refractivity (Wildman–Crippen MR) is 145 cm³/mol. The van der Waals surface area contributed by atoms with E-state index in [0.29, 0.717) is 16.0 Å². The Balaban J connectivity index is 0.000000307. The number of nitrogens with one attached hydrogen (secondary N) is 1. The number of rotatable bonds is 3. The Morgan fingerprint density at radius 2 is 1.76 bits per heavy atom. The molecule has 10 heteroatoms. The first-order chi connectivity index (χ1) is 18.4. The van der Waals surface area contributed by atoms with E-state index in [4.69, 9.17) is 0 Å². The number of halogens is 1. The second kappa shape index (κ2) is 13.4. The van der Waals surface area contributed by atoms with Crippen molar-refractivity contribution in [1.29, 1.82) is 10.5 Å². The average molecular weight is 532 g/mol. The number of aryl methyl sites for hydroxylation is 1. The quantitative estimate of drug-likeness (QED) is 0.341. The number of hydrogen-bond donors (Lipinski definition) is 1. The third-order valence-corrected chi connectivity index (χ3v) is 7.03. The summed E-state index contributed by atoms with van der Waals surface area (Å²) in [6, 6.07) is 10.1. The maximum absolute atomic E-state index is 13.5. The number of H-pyrrole nitrogens is 1. The minimum atomic E-state index is -0.467. The Labute approximate surface area is 226 Å². The summed E-state index contributed by atoms with van der Waals surface area (Å²) in [4.78, 5) is 14.0. The van der Waals surface area contributed by atoms with Crippen LogP contribution in [0.3, 0.4) is 0 Å². The van der Waals surface area contributed by atoms with Gasteiger partial charge in [-0.1, -0.05) is 25.6 Å². The molecule has 4 aromatic rings. The molecule has 1 aliphatic heterocycles. The van der Waals surface area contributed by atoms with Crippen LogP contribution in [0.15, 0.2) is 52.6 Å². The van der Waals surface area contributed by atoms with Crippen LogP contribution < -0.4 is 0 Å². The number of nitriles is 2. The van der Waals surface area contributed by atoms with Crippen molar-refractivity contribution >= 4 is 23.2 Å². The second-order valence-corrected chi connectivity index (χ2v) is 9.47. The first kappa shape index (κ1) is 28.4. The Hall–Kier alpha value is -4.15. The van der Waals surface area contributed by atoms with Crippen molar-refractivity contribution in [2.75, 3.05) is 13.1 Å². The molecule has 1 aromatic carbocycles. The van der Waals surface area contributed by atoms with Gasteiger partial charge in [0.05, 0.1) is 29.0 Å². The van der Waals surface area contributed by atoms with Crippen LogP contribution in [0, 0.1) is 35.4 Å². The van der Waals surface area contributed by atoms with Crippen LogP contribution in [0.4, 0.5) is 4.39 Å². The topological polar surface area (TPSA) is 114 Å². The number of hydrogen-bond acceptors (Lipinski definition) is 6. The third-order valence-electron chi connectivity index (χ3n) is 5.92. The zero-order chi connectivity index (χ0) is 27.7. The van der Waals surface area contributed by atoms with E-state index in [1.807, 2.05) is 44.0 Å². The van der Waals surface area contributed by atoms with E-state index in [9.17, 15) is 19.7 Å². The summed E-state index contributed by atoms with van der Waals surface area (Å²) in [5.74, 6) is -0.236. The highest BCUT2D eigenvalue weighted by atomic mass is 32.2. The van der Waals surface area contributed by atoms with Crippen molar-refractivity contribution in [1.82, 2.24) is 24.7 Å². The Morgan fingerprint density at radius 1 is 1.05 bits per heavy atom. The van der Waals surface area contributed by atoms with Crippen LogP contribution in [-0.2, 0) is 4.79 Å². The standard InChI is InChI=1S/C19H11FN6S.C7H13NO.C2H6/c1-11-16(9-23-25-11)13-5-18(19-14(7-22)8-24-26(19)10-13)27-17-3-2-15(20)4-12(17)6-21;1-7(9)8-5-3-2-4-6-8;1-2/h2-5,8-10H,1H3,(H,23,25);2-6H2,1H3;1-2H3. The lowest BCUT2D eigenvalue weighted by molar-refractivity contribution is -0.129. The molecular weight excluding hydrogens is 501 g/mol. The number of carbonyl (C=O) groups is 1. The number of pyridine rings is 1. The number of aromatic nitrogens is 4. The Morgan fingerprint density at radius 3 is 2.34 bits per heavy atom. The second-order valence-electron chi connectivity index (χ2n) is 8.39. The van der Waals surface area contributed by atoms with Crippen LogP contribution >= 0.6 is 11.8 Å². The number of benzene rings is 1. The molecule has 5 rings (SSSR count). The Bertz CT molecular complexity index is 1490. The number of fused-ring (bicyclic) bond motifs is 1. The molecule has 1 aliphatic rings. The monoisotopic (exact) mass is 531 g/mol. The molecule has 38 heavy (non-hydrogen) atoms. The molecule has 1 N–H and O–H groups in total. The van der Waals surface area contributed by atoms with Gasteiger partial charge in [0.2, 0.25) is 5.91 Å². The van der Waals surface area contributed by atoms with Gasteiger partial charge in [-0.25, -0.2) is 8.91 Å². The van der Waals surface area contributed by atoms with E-state index in [1.54, 1.807) is 23.7 Å². The zero-order valence-electron chi connectivity index (χ0n) is 22.0. The van der Waals surface area contributed by atoms with E-state index >= 15 is 0 Å². The van der Waals surface area contributed by atoms with Gasteiger partial charge in [-0.05, 0) is 50.5 Å². The molecule has 0 aliphatic carbocycles. The van der Waals surface area contributed by atoms with Gasteiger partial charge in [-0.3, -0.25) is 9.89 Å². The van der Waals surface area contributed by atoms with Crippen LogP contribution in [0.5, 0.6) is 0 Å². The maximum Gasteiger partial charge on any atom is 0.219 e. The SMILES string of the molecule is CC.CC(=O)N1CCCCC1.Cc1[nH]ncc1-c1cc(Sc2ccc(F)cc2C#N)c2c(C#N)cnn2c1. The molecule has 0 saturated carbocycles. The summed E-state index contributed by atoms with van der Waals surface area (Å²) in [5.41, 5.74) is 3.98. The van der Waals surface area contributed by atoms with E-state index in [2.05, 4.69) is 21.4 Å². The molecular formula is C28H30FN7OS. The van der Waals surface area contributed by atoms with Crippen LogP contribution in [0.2, 0.25) is 0 Å². The van der Waals surface area contributed by atoms with Crippen molar-refractivity contribution < 1.29 is 9.18 Å². The lowest BCUT2D eigenvalue weighted by Gasteiger charge is -2.24. The number of nitrogens with zero attached hydrogens (tertiary/aromatic N) is 6. The molecule has 4 heterocycles. The van der Waals surface area contributed by atoms with Crippen LogP contribution in [-0.4, -0.2) is 43.7 Å². The average Bonchev–Trinajstić information content (AvgIpc) is 3.57. The summed E-state index contributed by atoms with van der Waals surface area (Å²) < 4.78 is 15.1. The van der Waals surface area contributed by atoms with Crippen molar-refractivity contribution in [2.24, 2.45) is 0 Å². The molecule has 1 amide bonds. The normalized spacial score (nSPS) is 12.4. The highest BCUT2D eigenvalue weighted by Crippen LogP contribution is 2.37. The fourth-order valence-electron chi connectivity index (χ4n) is 4.04. The number of carbonyl (C=O) groups excluding carboxylic acids is 1. The first-order valence-electron chi connectivity index (χ1n) is 12.5. The van der Waals surface area contributed by atoms with Gasteiger partial charge in [0, 0.05) is 52.8 Å². The summed E-state index contributed by atoms with van der Waals surface area (Å²) in [6.07, 6.45) is 8.73. The third kappa shape index (κ3) is 6.58. The molecule has 3 aromatic heterocycles. The summed E-state index contributed by atoms with van der Waals surface area (Å²) in [5, 5.41) is 30.0. The summed E-state index contributed by atoms with van der Waals surface area (Å²) in [6.45, 7) is 9.52. The molecule has 0 unspecified atom stereocenters. The summed E-state index contributed by atoms with van der Waals surface area (Å²) in [7, 11) is 0. The lowest BCUT2D eigenvalue weighted by atomic mass is 10.1. The number of amides is 1. The van der Waals surface area contributed by atoms with Crippen molar-refractivity contribution in [3.8, 4) is 23.3 Å². The van der Waals surface area contributed by atoms with Crippen LogP contribution in [0.25, 0.3) is 16.6 Å². The minimum Gasteiger partial charge on any atom is -0.343 e. The van der Waals surface area contributed by atoms with E-state index < -0.39 is 5.82 Å². The first-order valence-corrected chi connectivity index (χ1v) is 13.3. The smallest absolute Gasteiger partial charge is 0.219 e. The fraction of sp³-hybridized carbons (Fsp3) is 0.321. The molecule has 0 atom stereocenters. The molecule has 0 radical (unpaired) electrons. The lowest BCUT2D eigenvalue weighted by Crippen LogP contribution is -2.33. The van der Waals surface area contributed by atoms with Gasteiger partial charge in [0.25, 0.3) is 0 Å². The fourth-order valence-corrected chi connectivity index (χ4v) is 5.11. The van der Waals surface area contributed by atoms with Crippen LogP contribution in [0.1, 0.15) is 56.9 Å². The number of aromatic amines is 1. The van der Waals surface area contributed by atoms with E-state index in [-0.39, 0.29) is 11.5 Å². The predicted octanol–water partition coefficient (Wildman–Crippen LogP) is 6.11. The highest BCUT2D eigenvalue weighted by Gasteiger charge is 2.16. The van der Waals surface area contributed by atoms with Crippen molar-refractivity contribution in [2.45, 2.75) is 56.7 Å². The van der Waals surface area contributed by atoms with Gasteiger partial charge < -0.3 is 4.90 Å². The van der Waals surface area contributed by atoms with E-state index in [0.717, 1.165) is 34.8 Å². The van der Waals surface area contributed by atoms with Crippen molar-refractivity contribution in [3.63, 3.8) is 0 Å². The van der Waals surface area contributed by atoms with Gasteiger partial charge in [0.1, 0.15) is 18.0 Å². The molecule has 1 saturated heterocycles. The number of likely N-dealkylation sites (tertiary alicyclic amines) is 1. The van der Waals surface area contributed by atoms with E-state index in [1.165, 1.54) is 49.4 Å². The van der Waals surface area contributed by atoms with Gasteiger partial charge in [0.15, 0.2) is 0 Å². The molecule has 0 spiro atoms. The highest BCUT2D eigenvalue weighted by molar-refractivity contribution is 7.99. The largest absolute Gasteiger partial charge is 0.343 e. The summed E-state index contributed by atoms with van der Waals surface area (Å²) >= 11 is 1.30. The Kier molecular flexibility index (Phi) is 10.0. The molecule has 196 valence electrons. The van der Waals surface area contributed by atoms with Gasteiger partial charge in [-0.2, -0.15) is 20.7 Å². The van der Waals surface area contributed by atoms with Gasteiger partial charge in [-0.15, -0.1) is 0 Å².